The fourth-order valence-electron chi connectivity index (χ4n) is 3.56. The van der Waals surface area contributed by atoms with Gasteiger partial charge >= 0.3 is 6.09 Å². The number of amides is 1. The van der Waals surface area contributed by atoms with Gasteiger partial charge in [-0.05, 0) is 43.0 Å². The predicted molar refractivity (Wildman–Crippen MR) is 89.2 cm³/mol. The van der Waals surface area contributed by atoms with E-state index in [1.165, 1.54) is 6.42 Å². The highest BCUT2D eigenvalue weighted by molar-refractivity contribution is 6.30. The lowest BCUT2D eigenvalue weighted by Gasteiger charge is -2.43. The Morgan fingerprint density at radius 3 is 2.65 bits per heavy atom. The molecule has 2 atom stereocenters. The molecule has 6 heteroatoms. The molecule has 0 radical (unpaired) electrons. The van der Waals surface area contributed by atoms with Gasteiger partial charge in [-0.15, -0.1) is 0 Å². The number of carboxylic acid groups (broad SMARTS) is 1. The molecule has 1 heterocycles. The van der Waals surface area contributed by atoms with Crippen LogP contribution in [0.5, 0.6) is 5.75 Å². The number of rotatable bonds is 5. The summed E-state index contributed by atoms with van der Waals surface area (Å²) in [6.07, 6.45) is 3.67. The van der Waals surface area contributed by atoms with E-state index < -0.39 is 6.09 Å². The van der Waals surface area contributed by atoms with Crippen LogP contribution in [0, 0.1) is 5.92 Å². The first-order chi connectivity index (χ1) is 11.1. The van der Waals surface area contributed by atoms with Gasteiger partial charge in [0, 0.05) is 30.7 Å². The van der Waals surface area contributed by atoms with Crippen molar-refractivity contribution in [3.63, 3.8) is 0 Å². The van der Waals surface area contributed by atoms with E-state index >= 15 is 0 Å². The van der Waals surface area contributed by atoms with E-state index in [1.807, 2.05) is 24.3 Å². The van der Waals surface area contributed by atoms with Gasteiger partial charge in [-0.3, -0.25) is 4.90 Å². The Balaban J connectivity index is 1.43. The highest BCUT2D eigenvalue weighted by atomic mass is 35.5. The summed E-state index contributed by atoms with van der Waals surface area (Å²) in [6.45, 7) is 2.75. The molecule has 1 aromatic carbocycles. The molecule has 1 saturated heterocycles. The summed E-state index contributed by atoms with van der Waals surface area (Å²) >= 11 is 5.87. The highest BCUT2D eigenvalue weighted by Gasteiger charge is 2.34. The van der Waals surface area contributed by atoms with Crippen molar-refractivity contribution in [2.45, 2.75) is 37.8 Å². The van der Waals surface area contributed by atoms with Gasteiger partial charge in [-0.2, -0.15) is 0 Å². The maximum atomic E-state index is 10.9. The zero-order chi connectivity index (χ0) is 16.2. The number of ether oxygens (including phenoxy) is 1. The zero-order valence-electron chi connectivity index (χ0n) is 13.1. The van der Waals surface area contributed by atoms with E-state index in [1.54, 1.807) is 0 Å². The van der Waals surface area contributed by atoms with E-state index in [0.29, 0.717) is 10.9 Å². The van der Waals surface area contributed by atoms with Crippen molar-refractivity contribution >= 4 is 17.7 Å². The van der Waals surface area contributed by atoms with E-state index in [2.05, 4.69) is 10.2 Å². The van der Waals surface area contributed by atoms with Gasteiger partial charge in [-0.1, -0.05) is 24.4 Å². The van der Waals surface area contributed by atoms with E-state index in [4.69, 9.17) is 21.4 Å². The van der Waals surface area contributed by atoms with Crippen LogP contribution in [0.2, 0.25) is 5.02 Å². The molecule has 23 heavy (non-hydrogen) atoms. The molecule has 1 amide bonds. The normalized spacial score (nSPS) is 25.6. The molecule has 2 aliphatic rings. The summed E-state index contributed by atoms with van der Waals surface area (Å²) in [7, 11) is 0. The average Bonchev–Trinajstić information content (AvgIpc) is 2.48. The quantitative estimate of drug-likeness (QED) is 0.865. The van der Waals surface area contributed by atoms with Crippen LogP contribution in [0.3, 0.4) is 0 Å². The summed E-state index contributed by atoms with van der Waals surface area (Å²) in [5.41, 5.74) is 0. The van der Waals surface area contributed by atoms with Gasteiger partial charge < -0.3 is 15.2 Å². The maximum absolute atomic E-state index is 10.9. The predicted octanol–water partition coefficient (Wildman–Crippen LogP) is 3.23. The van der Waals surface area contributed by atoms with Crippen molar-refractivity contribution in [2.24, 2.45) is 5.92 Å². The van der Waals surface area contributed by atoms with E-state index in [-0.39, 0.29) is 12.1 Å². The summed E-state index contributed by atoms with van der Waals surface area (Å²) in [5, 5.41) is 12.4. The smallest absolute Gasteiger partial charge is 0.404 e. The van der Waals surface area contributed by atoms with E-state index in [0.717, 1.165) is 44.6 Å². The van der Waals surface area contributed by atoms with Gasteiger partial charge in [0.1, 0.15) is 11.9 Å². The minimum Gasteiger partial charge on any atom is -0.488 e. The van der Waals surface area contributed by atoms with Crippen LogP contribution in [0.4, 0.5) is 4.79 Å². The third-order valence-electron chi connectivity index (χ3n) is 4.75. The van der Waals surface area contributed by atoms with Crippen molar-refractivity contribution in [1.82, 2.24) is 10.2 Å². The molecule has 2 N–H and O–H groups in total. The molecule has 1 aliphatic heterocycles. The van der Waals surface area contributed by atoms with Crippen LogP contribution >= 0.6 is 11.6 Å². The SMILES string of the molecule is O=C(O)N[C@@H]1CCCC[C@@H]1CN1CC(Oc2ccc(Cl)cc2)C1. The Kier molecular flexibility index (Phi) is 5.28. The molecule has 5 nitrogen and oxygen atoms in total. The topological polar surface area (TPSA) is 61.8 Å². The molecule has 1 aliphatic carbocycles. The number of likely N-dealkylation sites (tertiary alicyclic amines) is 1. The molecule has 1 saturated carbocycles. The lowest BCUT2D eigenvalue weighted by Crippen LogP contribution is -2.57. The average molecular weight is 339 g/mol. The van der Waals surface area contributed by atoms with Gasteiger partial charge in [0.2, 0.25) is 0 Å². The third-order valence-corrected chi connectivity index (χ3v) is 5.00. The summed E-state index contributed by atoms with van der Waals surface area (Å²) in [4.78, 5) is 13.3. The van der Waals surface area contributed by atoms with Gasteiger partial charge in [0.15, 0.2) is 0 Å². The van der Waals surface area contributed by atoms with Crippen LogP contribution in [-0.2, 0) is 0 Å². The second-order valence-corrected chi connectivity index (χ2v) is 6.95. The monoisotopic (exact) mass is 338 g/mol. The van der Waals surface area contributed by atoms with Crippen LogP contribution in [0.1, 0.15) is 25.7 Å². The second kappa shape index (κ2) is 7.41. The number of hydrogen-bond acceptors (Lipinski definition) is 3. The lowest BCUT2D eigenvalue weighted by atomic mass is 9.83. The largest absolute Gasteiger partial charge is 0.488 e. The van der Waals surface area contributed by atoms with Gasteiger partial charge in [0.05, 0.1) is 0 Å². The fraction of sp³-hybridized carbons (Fsp3) is 0.588. The van der Waals surface area contributed by atoms with Crippen molar-refractivity contribution in [2.75, 3.05) is 19.6 Å². The number of hydrogen-bond donors (Lipinski definition) is 2. The molecular weight excluding hydrogens is 316 g/mol. The standard InChI is InChI=1S/C17H23ClN2O3/c18-13-5-7-14(8-6-13)23-15-10-20(11-15)9-12-3-1-2-4-16(12)19-17(21)22/h5-8,12,15-16,19H,1-4,9-11H2,(H,21,22)/t12-,16-/m1/s1. The van der Waals surface area contributed by atoms with Gasteiger partial charge in [-0.25, -0.2) is 4.79 Å². The maximum Gasteiger partial charge on any atom is 0.404 e. The van der Waals surface area contributed by atoms with Crippen LogP contribution < -0.4 is 10.1 Å². The Labute approximate surface area is 141 Å². The summed E-state index contributed by atoms with van der Waals surface area (Å²) < 4.78 is 5.91. The lowest BCUT2D eigenvalue weighted by molar-refractivity contribution is 0.00276. The minimum atomic E-state index is -0.908. The summed E-state index contributed by atoms with van der Waals surface area (Å²) in [6, 6.07) is 7.53. The number of nitrogens with one attached hydrogen (secondary N) is 1. The molecule has 0 spiro atoms. The Bertz CT molecular complexity index is 531. The van der Waals surface area contributed by atoms with E-state index in [9.17, 15) is 4.79 Å². The Morgan fingerprint density at radius 2 is 1.96 bits per heavy atom. The molecule has 126 valence electrons. The Morgan fingerprint density at radius 1 is 1.26 bits per heavy atom. The van der Waals surface area contributed by atoms with Crippen molar-refractivity contribution in [3.05, 3.63) is 29.3 Å². The molecule has 2 fully saturated rings. The third kappa shape index (κ3) is 4.52. The first-order valence-electron chi connectivity index (χ1n) is 8.24. The first-order valence-corrected chi connectivity index (χ1v) is 8.62. The molecule has 0 aromatic heterocycles. The van der Waals surface area contributed by atoms with Crippen molar-refractivity contribution in [3.8, 4) is 5.75 Å². The molecule has 1 aromatic rings. The number of benzene rings is 1. The highest BCUT2D eigenvalue weighted by Crippen LogP contribution is 2.28. The minimum absolute atomic E-state index is 0.0949. The first kappa shape index (κ1) is 16.4. The second-order valence-electron chi connectivity index (χ2n) is 6.51. The van der Waals surface area contributed by atoms with Crippen LogP contribution in [-0.4, -0.2) is 47.9 Å². The Hall–Kier alpha value is -1.46. The van der Waals surface area contributed by atoms with Crippen LogP contribution in [0.15, 0.2) is 24.3 Å². The number of halogens is 1. The number of nitrogens with zero attached hydrogens (tertiary/aromatic N) is 1. The van der Waals surface area contributed by atoms with Gasteiger partial charge in [0.25, 0.3) is 0 Å². The number of carbonyl (C=O) groups is 1. The molecule has 3 rings (SSSR count). The van der Waals surface area contributed by atoms with Crippen LogP contribution in [0.25, 0.3) is 0 Å². The molecular formula is C17H23ClN2O3. The molecule has 0 bridgehead atoms. The zero-order valence-corrected chi connectivity index (χ0v) is 13.8. The van der Waals surface area contributed by atoms with Crippen molar-refractivity contribution in [1.29, 1.82) is 0 Å². The van der Waals surface area contributed by atoms with Crippen molar-refractivity contribution < 1.29 is 14.6 Å². The fourth-order valence-corrected chi connectivity index (χ4v) is 3.68. The summed E-state index contributed by atoms with van der Waals surface area (Å²) in [5.74, 6) is 1.26. The molecule has 0 unspecified atom stereocenters.